The minimum Gasteiger partial charge on any atom is -0.312 e. The molecule has 118 valence electrons. The fourth-order valence-corrected chi connectivity index (χ4v) is 2.62. The Morgan fingerprint density at radius 2 is 1.92 bits per heavy atom. The first-order valence-corrected chi connectivity index (χ1v) is 7.41. The molecule has 2 aromatic carbocycles. The van der Waals surface area contributed by atoms with Crippen LogP contribution in [0.4, 0.5) is 0 Å². The number of hydrogen-bond acceptors (Lipinski definition) is 4. The molecule has 0 saturated carbocycles. The van der Waals surface area contributed by atoms with Gasteiger partial charge in [-0.15, -0.1) is 0 Å². The Morgan fingerprint density at radius 1 is 1.12 bits per heavy atom. The van der Waals surface area contributed by atoms with Gasteiger partial charge in [0.05, 0.1) is 22.0 Å². The summed E-state index contributed by atoms with van der Waals surface area (Å²) in [4.78, 5) is 34.9. The molecule has 6 nitrogen and oxygen atoms in total. The summed E-state index contributed by atoms with van der Waals surface area (Å²) in [6.45, 7) is 1.96. The Labute approximate surface area is 136 Å². The van der Waals surface area contributed by atoms with Crippen molar-refractivity contribution < 1.29 is 9.63 Å². The fraction of sp³-hybridized carbons (Fsp3) is 0.0556. The fourth-order valence-electron chi connectivity index (χ4n) is 2.62. The van der Waals surface area contributed by atoms with E-state index in [2.05, 4.69) is 10.1 Å². The Kier molecular flexibility index (Phi) is 3.16. The Hall–Kier alpha value is -3.41. The number of aryl methyl sites for hydroxylation is 1. The lowest BCUT2D eigenvalue weighted by Gasteiger charge is -2.02. The molecule has 0 atom stereocenters. The van der Waals surface area contributed by atoms with Crippen LogP contribution in [0.25, 0.3) is 21.8 Å². The van der Waals surface area contributed by atoms with E-state index >= 15 is 0 Å². The van der Waals surface area contributed by atoms with Gasteiger partial charge in [0.15, 0.2) is 0 Å². The van der Waals surface area contributed by atoms with E-state index in [1.165, 1.54) is 6.20 Å². The number of nitrogens with zero attached hydrogens (tertiary/aromatic N) is 2. The van der Waals surface area contributed by atoms with E-state index in [0.29, 0.717) is 16.5 Å². The highest BCUT2D eigenvalue weighted by Crippen LogP contribution is 2.20. The zero-order valence-corrected chi connectivity index (χ0v) is 12.8. The van der Waals surface area contributed by atoms with Crippen LogP contribution in [-0.2, 0) is 0 Å². The molecule has 0 saturated heterocycles. The van der Waals surface area contributed by atoms with E-state index in [-0.39, 0.29) is 0 Å². The van der Waals surface area contributed by atoms with Gasteiger partial charge >= 0.3 is 11.5 Å². The lowest BCUT2D eigenvalue weighted by atomic mass is 10.1. The van der Waals surface area contributed by atoms with E-state index in [1.807, 2.05) is 25.1 Å². The zero-order valence-electron chi connectivity index (χ0n) is 12.8. The molecule has 2 aromatic heterocycles. The van der Waals surface area contributed by atoms with Gasteiger partial charge in [0.2, 0.25) is 0 Å². The largest absolute Gasteiger partial charge is 0.365 e. The first kappa shape index (κ1) is 14.2. The summed E-state index contributed by atoms with van der Waals surface area (Å²) in [5.41, 5.74) is 2.31. The lowest BCUT2D eigenvalue weighted by Crippen LogP contribution is -2.29. The number of rotatable bonds is 2. The lowest BCUT2D eigenvalue weighted by molar-refractivity contribution is 0.0380. The van der Waals surface area contributed by atoms with Crippen LogP contribution < -0.4 is 10.4 Å². The van der Waals surface area contributed by atoms with Crippen molar-refractivity contribution in [1.82, 2.24) is 14.9 Å². The van der Waals surface area contributed by atoms with Crippen molar-refractivity contribution in [1.29, 1.82) is 0 Å². The van der Waals surface area contributed by atoms with Gasteiger partial charge in [-0.2, -0.15) is 0 Å². The summed E-state index contributed by atoms with van der Waals surface area (Å²) < 4.78 is 0. The predicted molar refractivity (Wildman–Crippen MR) is 89.9 cm³/mol. The number of carbonyl (C=O) groups excluding carboxylic acids is 1. The first-order valence-electron chi connectivity index (χ1n) is 7.41. The Balaban J connectivity index is 1.84. The van der Waals surface area contributed by atoms with E-state index in [0.717, 1.165) is 21.3 Å². The third-order valence-corrected chi connectivity index (χ3v) is 3.84. The molecular formula is C18H13N3O3. The van der Waals surface area contributed by atoms with Crippen LogP contribution in [0.5, 0.6) is 0 Å². The van der Waals surface area contributed by atoms with Crippen LogP contribution in [0.1, 0.15) is 15.9 Å². The minimum atomic E-state index is -0.613. The maximum absolute atomic E-state index is 12.4. The number of pyridine rings is 1. The molecule has 0 fully saturated rings. The summed E-state index contributed by atoms with van der Waals surface area (Å²) in [7, 11) is 0. The number of carbonyl (C=O) groups is 1. The van der Waals surface area contributed by atoms with Gasteiger partial charge in [0, 0.05) is 11.6 Å². The summed E-state index contributed by atoms with van der Waals surface area (Å²) in [6, 6.07) is 14.3. The van der Waals surface area contributed by atoms with Crippen LogP contribution in [0.15, 0.2) is 59.5 Å². The van der Waals surface area contributed by atoms with Crippen LogP contribution >= 0.6 is 0 Å². The smallest absolute Gasteiger partial charge is 0.312 e. The van der Waals surface area contributed by atoms with Crippen LogP contribution in [0, 0.1) is 6.92 Å². The van der Waals surface area contributed by atoms with Crippen molar-refractivity contribution in [2.45, 2.75) is 6.92 Å². The van der Waals surface area contributed by atoms with Gasteiger partial charge in [0.25, 0.3) is 0 Å². The van der Waals surface area contributed by atoms with Crippen LogP contribution in [0.2, 0.25) is 0 Å². The van der Waals surface area contributed by atoms with E-state index in [9.17, 15) is 9.59 Å². The summed E-state index contributed by atoms with van der Waals surface area (Å²) in [5.74, 6) is -0.613. The second-order valence-electron chi connectivity index (χ2n) is 5.52. The van der Waals surface area contributed by atoms with Crippen LogP contribution in [-0.4, -0.2) is 20.9 Å². The predicted octanol–water partition coefficient (Wildman–Crippen LogP) is 2.46. The molecule has 2 heterocycles. The second-order valence-corrected chi connectivity index (χ2v) is 5.52. The molecule has 0 bridgehead atoms. The number of aromatic amines is 1. The van der Waals surface area contributed by atoms with Crippen molar-refractivity contribution in [2.24, 2.45) is 0 Å². The molecule has 24 heavy (non-hydrogen) atoms. The van der Waals surface area contributed by atoms with Crippen LogP contribution in [0.3, 0.4) is 0 Å². The van der Waals surface area contributed by atoms with Gasteiger partial charge in [0.1, 0.15) is 0 Å². The van der Waals surface area contributed by atoms with Crippen molar-refractivity contribution in [3.05, 3.63) is 76.2 Å². The highest BCUT2D eigenvalue weighted by Gasteiger charge is 2.15. The molecule has 0 radical (unpaired) electrons. The summed E-state index contributed by atoms with van der Waals surface area (Å²) >= 11 is 0. The number of benzene rings is 2. The number of aromatic nitrogens is 3. The third-order valence-electron chi connectivity index (χ3n) is 3.84. The molecule has 4 rings (SSSR count). The SMILES string of the molecule is Cc1ccc2ncc3c(=O)n(OC(=O)c4ccccc4)[nH]c3c2c1. The summed E-state index contributed by atoms with van der Waals surface area (Å²) in [5, 5.41) is 4.03. The van der Waals surface area contributed by atoms with Gasteiger partial charge < -0.3 is 4.84 Å². The molecule has 0 unspecified atom stereocenters. The maximum Gasteiger partial charge on any atom is 0.365 e. The van der Waals surface area contributed by atoms with Crippen molar-refractivity contribution in [2.75, 3.05) is 0 Å². The average Bonchev–Trinajstić information content (AvgIpc) is 2.92. The number of fused-ring (bicyclic) bond motifs is 3. The summed E-state index contributed by atoms with van der Waals surface area (Å²) in [6.07, 6.45) is 1.48. The van der Waals surface area contributed by atoms with E-state index in [1.54, 1.807) is 30.3 Å². The molecule has 6 heteroatoms. The zero-order chi connectivity index (χ0) is 16.7. The van der Waals surface area contributed by atoms with E-state index < -0.39 is 11.5 Å². The molecule has 0 aliphatic carbocycles. The monoisotopic (exact) mass is 319 g/mol. The molecule has 0 aliphatic rings. The number of hydrogen-bond donors (Lipinski definition) is 1. The molecule has 0 amide bonds. The molecule has 4 aromatic rings. The first-order chi connectivity index (χ1) is 11.6. The van der Waals surface area contributed by atoms with Crippen molar-refractivity contribution >= 4 is 27.8 Å². The van der Waals surface area contributed by atoms with Gasteiger partial charge in [-0.05, 0) is 31.2 Å². The third kappa shape index (κ3) is 2.25. The molecule has 1 N–H and O–H groups in total. The second kappa shape index (κ2) is 5.34. The van der Waals surface area contributed by atoms with Gasteiger partial charge in [-0.3, -0.25) is 14.9 Å². The topological polar surface area (TPSA) is 77.0 Å². The number of H-pyrrole nitrogens is 1. The number of nitrogens with one attached hydrogen (secondary N) is 1. The highest BCUT2D eigenvalue weighted by molar-refractivity contribution is 6.02. The van der Waals surface area contributed by atoms with Gasteiger partial charge in [-0.25, -0.2) is 4.79 Å². The normalized spacial score (nSPS) is 11.0. The quantitative estimate of drug-likeness (QED) is 0.616. The average molecular weight is 319 g/mol. The molecular weight excluding hydrogens is 306 g/mol. The van der Waals surface area contributed by atoms with Crippen molar-refractivity contribution in [3.8, 4) is 0 Å². The van der Waals surface area contributed by atoms with Gasteiger partial charge in [-0.1, -0.05) is 34.7 Å². The standard InChI is InChI=1S/C18H13N3O3/c1-11-7-8-15-13(9-11)16-14(10-19-15)17(22)21(20-16)24-18(23)12-5-3-2-4-6-12/h2-10,20H,1H3. The molecule has 0 spiro atoms. The Morgan fingerprint density at radius 3 is 2.71 bits per heavy atom. The van der Waals surface area contributed by atoms with E-state index in [4.69, 9.17) is 4.84 Å². The Bertz CT molecular complexity index is 1130. The highest BCUT2D eigenvalue weighted by atomic mass is 16.7. The molecule has 0 aliphatic heterocycles. The van der Waals surface area contributed by atoms with Crippen molar-refractivity contribution in [3.63, 3.8) is 0 Å². The minimum absolute atomic E-state index is 0.363. The maximum atomic E-state index is 12.4.